The van der Waals surface area contributed by atoms with Crippen LogP contribution >= 0.6 is 0 Å². The van der Waals surface area contributed by atoms with Gasteiger partial charge in [0.25, 0.3) is 0 Å². The number of rotatable bonds is 9. The number of hydrogen-bond acceptors (Lipinski definition) is 2. The van der Waals surface area contributed by atoms with Crippen molar-refractivity contribution in [1.82, 2.24) is 5.32 Å². The number of nitrogens with one attached hydrogen (secondary N) is 1. The summed E-state index contributed by atoms with van der Waals surface area (Å²) in [5.74, 6) is 0.765. The Balaban J connectivity index is 1.83. The van der Waals surface area contributed by atoms with Gasteiger partial charge in [-0.05, 0) is 44.1 Å². The van der Waals surface area contributed by atoms with Crippen molar-refractivity contribution < 1.29 is 4.74 Å². The molecule has 20 heavy (non-hydrogen) atoms. The summed E-state index contributed by atoms with van der Waals surface area (Å²) in [5.41, 5.74) is 2.61. The van der Waals surface area contributed by atoms with E-state index in [1.807, 2.05) is 0 Å². The van der Waals surface area contributed by atoms with Crippen molar-refractivity contribution in [3.8, 4) is 0 Å². The van der Waals surface area contributed by atoms with Crippen LogP contribution in [0.15, 0.2) is 24.3 Å². The van der Waals surface area contributed by atoms with E-state index in [0.717, 1.165) is 31.5 Å². The second-order valence-electron chi connectivity index (χ2n) is 6.49. The van der Waals surface area contributed by atoms with Gasteiger partial charge in [-0.1, -0.05) is 43.7 Å². The molecule has 0 spiro atoms. The van der Waals surface area contributed by atoms with E-state index in [0.29, 0.717) is 0 Å². The summed E-state index contributed by atoms with van der Waals surface area (Å²) in [7, 11) is 0. The van der Waals surface area contributed by atoms with E-state index in [-0.39, 0.29) is 6.10 Å². The van der Waals surface area contributed by atoms with Gasteiger partial charge in [-0.15, -0.1) is 0 Å². The smallest absolute Gasteiger partial charge is 0.0949 e. The van der Waals surface area contributed by atoms with Crippen LogP contribution in [0.3, 0.4) is 0 Å². The van der Waals surface area contributed by atoms with Gasteiger partial charge in [-0.2, -0.15) is 0 Å². The summed E-state index contributed by atoms with van der Waals surface area (Å²) < 4.78 is 6.13. The summed E-state index contributed by atoms with van der Waals surface area (Å²) in [4.78, 5) is 0. The molecule has 112 valence electrons. The van der Waals surface area contributed by atoms with Crippen molar-refractivity contribution >= 4 is 0 Å². The molecule has 1 aromatic carbocycles. The van der Waals surface area contributed by atoms with Gasteiger partial charge in [0.05, 0.1) is 6.10 Å². The zero-order valence-electron chi connectivity index (χ0n) is 13.2. The number of ether oxygens (including phenoxy) is 1. The van der Waals surface area contributed by atoms with Crippen molar-refractivity contribution in [3.05, 3.63) is 35.4 Å². The Labute approximate surface area is 123 Å². The second kappa shape index (κ2) is 7.80. The van der Waals surface area contributed by atoms with Gasteiger partial charge < -0.3 is 10.1 Å². The van der Waals surface area contributed by atoms with Crippen LogP contribution in [-0.4, -0.2) is 19.2 Å². The predicted molar refractivity (Wildman–Crippen MR) is 85.0 cm³/mol. The van der Waals surface area contributed by atoms with Crippen LogP contribution in [0.25, 0.3) is 0 Å². The average molecular weight is 275 g/mol. The maximum atomic E-state index is 6.13. The standard InChI is InChI=1S/C18H29NO/c1-14(2)5-4-12-20-18(13-19-17-10-11-17)16-8-6-15(3)7-9-16/h6-9,14,17-19H,4-5,10-13H2,1-3H3. The Morgan fingerprint density at radius 2 is 1.90 bits per heavy atom. The van der Waals surface area contributed by atoms with Gasteiger partial charge in [0.2, 0.25) is 0 Å². The fourth-order valence-corrected chi connectivity index (χ4v) is 2.33. The summed E-state index contributed by atoms with van der Waals surface area (Å²) in [5, 5.41) is 3.59. The topological polar surface area (TPSA) is 21.3 Å². The Hall–Kier alpha value is -0.860. The van der Waals surface area contributed by atoms with E-state index >= 15 is 0 Å². The monoisotopic (exact) mass is 275 g/mol. The molecule has 0 aliphatic heterocycles. The summed E-state index contributed by atoms with van der Waals surface area (Å²) in [6.45, 7) is 8.47. The largest absolute Gasteiger partial charge is 0.372 e. The molecule has 1 fully saturated rings. The van der Waals surface area contributed by atoms with E-state index in [2.05, 4.69) is 50.4 Å². The highest BCUT2D eigenvalue weighted by Gasteiger charge is 2.22. The number of aryl methyl sites for hydroxylation is 1. The lowest BCUT2D eigenvalue weighted by Gasteiger charge is -2.19. The highest BCUT2D eigenvalue weighted by Crippen LogP contribution is 2.23. The summed E-state index contributed by atoms with van der Waals surface area (Å²) >= 11 is 0. The third kappa shape index (κ3) is 5.64. The van der Waals surface area contributed by atoms with Crippen molar-refractivity contribution in [1.29, 1.82) is 0 Å². The molecule has 0 radical (unpaired) electrons. The van der Waals surface area contributed by atoms with Crippen LogP contribution < -0.4 is 5.32 Å². The first-order valence-electron chi connectivity index (χ1n) is 8.06. The lowest BCUT2D eigenvalue weighted by atomic mass is 10.1. The van der Waals surface area contributed by atoms with Crippen LogP contribution in [0.2, 0.25) is 0 Å². The first-order valence-corrected chi connectivity index (χ1v) is 8.06. The molecule has 2 heteroatoms. The van der Waals surface area contributed by atoms with Gasteiger partial charge >= 0.3 is 0 Å². The molecule has 2 nitrogen and oxygen atoms in total. The maximum Gasteiger partial charge on any atom is 0.0949 e. The molecule has 0 saturated heterocycles. The van der Waals surface area contributed by atoms with Gasteiger partial charge in [-0.25, -0.2) is 0 Å². The molecule has 1 atom stereocenters. The Kier molecular flexibility index (Phi) is 6.06. The normalized spacial score (nSPS) is 16.6. The first-order chi connectivity index (χ1) is 9.65. The third-order valence-corrected chi connectivity index (χ3v) is 3.86. The Morgan fingerprint density at radius 3 is 2.50 bits per heavy atom. The fourth-order valence-electron chi connectivity index (χ4n) is 2.33. The molecule has 1 aliphatic rings. The first kappa shape index (κ1) is 15.5. The third-order valence-electron chi connectivity index (χ3n) is 3.86. The SMILES string of the molecule is Cc1ccc(C(CNC2CC2)OCCCC(C)C)cc1. The highest BCUT2D eigenvalue weighted by atomic mass is 16.5. The van der Waals surface area contributed by atoms with Gasteiger partial charge in [-0.3, -0.25) is 0 Å². The molecule has 1 unspecified atom stereocenters. The van der Waals surface area contributed by atoms with Crippen LogP contribution in [0.1, 0.15) is 56.8 Å². The minimum absolute atomic E-state index is 0.198. The molecule has 1 aromatic rings. The van der Waals surface area contributed by atoms with Crippen LogP contribution in [0.4, 0.5) is 0 Å². The van der Waals surface area contributed by atoms with E-state index in [1.54, 1.807) is 0 Å². The fraction of sp³-hybridized carbons (Fsp3) is 0.667. The minimum atomic E-state index is 0.198. The van der Waals surface area contributed by atoms with E-state index < -0.39 is 0 Å². The van der Waals surface area contributed by atoms with Crippen LogP contribution in [-0.2, 0) is 4.74 Å². The van der Waals surface area contributed by atoms with Crippen molar-refractivity contribution in [3.63, 3.8) is 0 Å². The molecule has 0 bridgehead atoms. The number of benzene rings is 1. The molecular formula is C18H29NO. The van der Waals surface area contributed by atoms with Gasteiger partial charge in [0.15, 0.2) is 0 Å². The molecule has 0 heterocycles. The molecule has 1 saturated carbocycles. The molecule has 1 N–H and O–H groups in total. The summed E-state index contributed by atoms with van der Waals surface area (Å²) in [6.07, 6.45) is 5.26. The van der Waals surface area contributed by atoms with Crippen molar-refractivity contribution in [2.45, 2.75) is 58.6 Å². The zero-order valence-corrected chi connectivity index (χ0v) is 13.2. The average Bonchev–Trinajstić information content (AvgIpc) is 3.23. The molecule has 1 aliphatic carbocycles. The predicted octanol–water partition coefficient (Wildman–Crippen LogP) is 4.24. The molecule has 0 amide bonds. The van der Waals surface area contributed by atoms with Gasteiger partial charge in [0.1, 0.15) is 0 Å². The lowest BCUT2D eigenvalue weighted by Crippen LogP contribution is -2.25. The zero-order chi connectivity index (χ0) is 14.4. The lowest BCUT2D eigenvalue weighted by molar-refractivity contribution is 0.0484. The van der Waals surface area contributed by atoms with Gasteiger partial charge in [0, 0.05) is 19.2 Å². The highest BCUT2D eigenvalue weighted by molar-refractivity contribution is 5.23. The Morgan fingerprint density at radius 1 is 1.20 bits per heavy atom. The van der Waals surface area contributed by atoms with E-state index in [4.69, 9.17) is 4.74 Å². The van der Waals surface area contributed by atoms with Crippen molar-refractivity contribution in [2.24, 2.45) is 5.92 Å². The molecule has 0 aromatic heterocycles. The summed E-state index contributed by atoms with van der Waals surface area (Å²) in [6, 6.07) is 9.50. The minimum Gasteiger partial charge on any atom is -0.372 e. The van der Waals surface area contributed by atoms with Crippen LogP contribution in [0.5, 0.6) is 0 Å². The maximum absolute atomic E-state index is 6.13. The van der Waals surface area contributed by atoms with Crippen LogP contribution in [0, 0.1) is 12.8 Å². The number of hydrogen-bond donors (Lipinski definition) is 1. The van der Waals surface area contributed by atoms with E-state index in [9.17, 15) is 0 Å². The second-order valence-corrected chi connectivity index (χ2v) is 6.49. The quantitative estimate of drug-likeness (QED) is 0.681. The molecular weight excluding hydrogens is 246 g/mol. The molecule has 2 rings (SSSR count). The van der Waals surface area contributed by atoms with E-state index in [1.165, 1.54) is 30.4 Å². The Bertz CT molecular complexity index is 381. The van der Waals surface area contributed by atoms with Crippen molar-refractivity contribution in [2.75, 3.05) is 13.2 Å².